The van der Waals surface area contributed by atoms with Gasteiger partial charge in [-0.05, 0) is 12.8 Å². The summed E-state index contributed by atoms with van der Waals surface area (Å²) in [4.78, 5) is 4.26. The fraction of sp³-hybridized carbons (Fsp3) is 0.700. The van der Waals surface area contributed by atoms with E-state index in [9.17, 15) is 0 Å². The van der Waals surface area contributed by atoms with Crippen LogP contribution in [0.4, 0.5) is 0 Å². The minimum atomic E-state index is -0.350. The highest BCUT2D eigenvalue weighted by molar-refractivity contribution is 4.98. The zero-order chi connectivity index (χ0) is 9.84. The Morgan fingerprint density at radius 3 is 2.62 bits per heavy atom. The molecule has 0 fully saturated rings. The van der Waals surface area contributed by atoms with E-state index >= 15 is 0 Å². The molecule has 3 nitrogen and oxygen atoms in total. The van der Waals surface area contributed by atoms with Crippen molar-refractivity contribution in [1.82, 2.24) is 4.98 Å². The van der Waals surface area contributed by atoms with Gasteiger partial charge in [-0.2, -0.15) is 0 Å². The van der Waals surface area contributed by atoms with E-state index in [-0.39, 0.29) is 6.10 Å². The van der Waals surface area contributed by atoms with Crippen molar-refractivity contribution in [2.24, 2.45) is 5.92 Å². The number of nitrogens with zero attached hydrogens (tertiary/aromatic N) is 1. The Balaban J connectivity index is 2.53. The van der Waals surface area contributed by atoms with Crippen molar-refractivity contribution in [2.45, 2.75) is 39.7 Å². The molecule has 0 spiro atoms. The summed E-state index contributed by atoms with van der Waals surface area (Å²) in [5.74, 6) is 1.32. The van der Waals surface area contributed by atoms with Crippen molar-refractivity contribution in [1.29, 1.82) is 0 Å². The van der Waals surface area contributed by atoms with Crippen molar-refractivity contribution < 1.29 is 9.52 Å². The lowest BCUT2D eigenvalue weighted by Crippen LogP contribution is -2.04. The summed E-state index contributed by atoms with van der Waals surface area (Å²) in [7, 11) is 0. The zero-order valence-corrected chi connectivity index (χ0v) is 8.45. The van der Waals surface area contributed by atoms with Crippen LogP contribution in [0, 0.1) is 5.92 Å². The van der Waals surface area contributed by atoms with Gasteiger partial charge < -0.3 is 9.52 Å². The fourth-order valence-corrected chi connectivity index (χ4v) is 1.19. The summed E-state index contributed by atoms with van der Waals surface area (Å²) in [6, 6.07) is 0. The first kappa shape index (κ1) is 10.3. The Hall–Kier alpha value is -0.830. The summed E-state index contributed by atoms with van der Waals surface area (Å²) in [6.07, 6.45) is 2.71. The molecule has 0 amide bonds. The van der Waals surface area contributed by atoms with Crippen LogP contribution in [-0.4, -0.2) is 16.2 Å². The maximum absolute atomic E-state index is 9.12. The van der Waals surface area contributed by atoms with Gasteiger partial charge in [-0.3, -0.25) is 0 Å². The number of oxazole rings is 1. The Morgan fingerprint density at radius 2 is 2.08 bits per heavy atom. The molecule has 1 N–H and O–H groups in total. The van der Waals surface area contributed by atoms with Gasteiger partial charge >= 0.3 is 0 Å². The average molecular weight is 183 g/mol. The van der Waals surface area contributed by atoms with Gasteiger partial charge in [-0.15, -0.1) is 0 Å². The van der Waals surface area contributed by atoms with E-state index in [2.05, 4.69) is 18.8 Å². The smallest absolute Gasteiger partial charge is 0.194 e. The van der Waals surface area contributed by atoms with Crippen LogP contribution in [0.1, 0.15) is 32.4 Å². The normalized spacial score (nSPS) is 13.6. The van der Waals surface area contributed by atoms with E-state index in [1.807, 2.05) is 0 Å². The van der Waals surface area contributed by atoms with Crippen LogP contribution >= 0.6 is 0 Å². The highest BCUT2D eigenvalue weighted by Crippen LogP contribution is 2.09. The molecule has 0 bridgehead atoms. The molecule has 0 aliphatic rings. The van der Waals surface area contributed by atoms with E-state index in [1.54, 1.807) is 13.2 Å². The van der Waals surface area contributed by atoms with Crippen molar-refractivity contribution in [3.63, 3.8) is 0 Å². The molecule has 1 aromatic rings. The van der Waals surface area contributed by atoms with Gasteiger partial charge in [0.25, 0.3) is 0 Å². The maximum Gasteiger partial charge on any atom is 0.194 e. The summed E-state index contributed by atoms with van der Waals surface area (Å²) >= 11 is 0. The average Bonchev–Trinajstić information content (AvgIpc) is 2.33. The van der Waals surface area contributed by atoms with E-state index < -0.39 is 0 Å². The predicted molar refractivity (Wildman–Crippen MR) is 50.4 cm³/mol. The van der Waals surface area contributed by atoms with Crippen molar-refractivity contribution in [2.75, 3.05) is 0 Å². The summed E-state index contributed by atoms with van der Waals surface area (Å²) in [5, 5.41) is 9.12. The molecular weight excluding hydrogens is 166 g/mol. The van der Waals surface area contributed by atoms with E-state index in [0.717, 1.165) is 18.0 Å². The van der Waals surface area contributed by atoms with Crippen LogP contribution in [-0.2, 0) is 12.8 Å². The SMILES string of the molecule is CC(C)Cc1nc(CC(C)O)co1. The van der Waals surface area contributed by atoms with Crippen molar-refractivity contribution in [3.05, 3.63) is 17.8 Å². The van der Waals surface area contributed by atoms with Crippen LogP contribution in [0.2, 0.25) is 0 Å². The predicted octanol–water partition coefficient (Wildman–Crippen LogP) is 1.80. The number of aliphatic hydroxyl groups is 1. The molecule has 0 aromatic carbocycles. The zero-order valence-electron chi connectivity index (χ0n) is 8.45. The monoisotopic (exact) mass is 183 g/mol. The standard InChI is InChI=1S/C10H17NO2/c1-7(2)4-10-11-9(6-13-10)5-8(3)12/h6-8,12H,4-5H2,1-3H3. The first-order valence-corrected chi connectivity index (χ1v) is 4.69. The van der Waals surface area contributed by atoms with Crippen LogP contribution in [0.3, 0.4) is 0 Å². The molecule has 1 aromatic heterocycles. The van der Waals surface area contributed by atoms with E-state index in [1.165, 1.54) is 0 Å². The lowest BCUT2D eigenvalue weighted by atomic mass is 10.1. The summed E-state index contributed by atoms with van der Waals surface area (Å²) in [6.45, 7) is 5.99. The number of hydrogen-bond donors (Lipinski definition) is 1. The first-order chi connectivity index (χ1) is 6.08. The van der Waals surface area contributed by atoms with Gasteiger partial charge in [-0.1, -0.05) is 13.8 Å². The number of aliphatic hydroxyl groups excluding tert-OH is 1. The number of rotatable bonds is 4. The highest BCUT2D eigenvalue weighted by Gasteiger charge is 2.07. The Bertz CT molecular complexity index is 229. The van der Waals surface area contributed by atoms with Crippen LogP contribution < -0.4 is 0 Å². The second kappa shape index (κ2) is 4.42. The minimum absolute atomic E-state index is 0.350. The Kier molecular flexibility index (Phi) is 3.48. The maximum atomic E-state index is 9.12. The molecule has 0 saturated carbocycles. The molecule has 1 rings (SSSR count). The number of aromatic nitrogens is 1. The molecular formula is C10H17NO2. The van der Waals surface area contributed by atoms with Crippen LogP contribution in [0.15, 0.2) is 10.7 Å². The Labute approximate surface area is 78.8 Å². The third-order valence-electron chi connectivity index (χ3n) is 1.69. The molecule has 13 heavy (non-hydrogen) atoms. The minimum Gasteiger partial charge on any atom is -0.449 e. The molecule has 0 aliphatic carbocycles. The second-order valence-electron chi connectivity index (χ2n) is 3.88. The Morgan fingerprint density at radius 1 is 1.38 bits per heavy atom. The summed E-state index contributed by atoms with van der Waals surface area (Å²) in [5.41, 5.74) is 0.839. The van der Waals surface area contributed by atoms with Gasteiger partial charge in [0, 0.05) is 12.8 Å². The largest absolute Gasteiger partial charge is 0.449 e. The molecule has 3 heteroatoms. The van der Waals surface area contributed by atoms with Gasteiger partial charge in [0.15, 0.2) is 5.89 Å². The lowest BCUT2D eigenvalue weighted by molar-refractivity contribution is 0.194. The molecule has 1 unspecified atom stereocenters. The van der Waals surface area contributed by atoms with Gasteiger partial charge in [0.05, 0.1) is 11.8 Å². The highest BCUT2D eigenvalue weighted by atomic mass is 16.3. The van der Waals surface area contributed by atoms with Crippen LogP contribution in [0.5, 0.6) is 0 Å². The third kappa shape index (κ3) is 3.59. The quantitative estimate of drug-likeness (QED) is 0.774. The van der Waals surface area contributed by atoms with Crippen LogP contribution in [0.25, 0.3) is 0 Å². The molecule has 74 valence electrons. The lowest BCUT2D eigenvalue weighted by Gasteiger charge is -1.98. The number of hydrogen-bond acceptors (Lipinski definition) is 3. The molecule has 0 saturated heterocycles. The molecule has 1 atom stereocenters. The van der Waals surface area contributed by atoms with Gasteiger partial charge in [0.2, 0.25) is 0 Å². The van der Waals surface area contributed by atoms with E-state index in [4.69, 9.17) is 9.52 Å². The molecule has 0 radical (unpaired) electrons. The topological polar surface area (TPSA) is 46.3 Å². The molecule has 0 aliphatic heterocycles. The fourth-order valence-electron chi connectivity index (χ4n) is 1.19. The van der Waals surface area contributed by atoms with E-state index in [0.29, 0.717) is 12.3 Å². The second-order valence-corrected chi connectivity index (χ2v) is 3.88. The third-order valence-corrected chi connectivity index (χ3v) is 1.69. The van der Waals surface area contributed by atoms with Crippen molar-refractivity contribution in [3.8, 4) is 0 Å². The van der Waals surface area contributed by atoms with Gasteiger partial charge in [0.1, 0.15) is 6.26 Å². The van der Waals surface area contributed by atoms with Gasteiger partial charge in [-0.25, -0.2) is 4.98 Å². The molecule has 1 heterocycles. The summed E-state index contributed by atoms with van der Waals surface area (Å²) < 4.78 is 5.25. The first-order valence-electron chi connectivity index (χ1n) is 4.69. The van der Waals surface area contributed by atoms with Crippen molar-refractivity contribution >= 4 is 0 Å².